The molecule has 132 valence electrons. The van der Waals surface area contributed by atoms with E-state index in [-0.39, 0.29) is 10.8 Å². The molecule has 2 heterocycles. The Labute approximate surface area is 157 Å². The molecule has 0 aliphatic rings. The summed E-state index contributed by atoms with van der Waals surface area (Å²) >= 11 is -0.472. The molecule has 0 fully saturated rings. The van der Waals surface area contributed by atoms with Gasteiger partial charge in [-0.25, -0.2) is 0 Å². The Balaban J connectivity index is 0.000000360. The van der Waals surface area contributed by atoms with Crippen LogP contribution in [0.25, 0.3) is 0 Å². The van der Waals surface area contributed by atoms with Gasteiger partial charge in [0.05, 0.1) is 0 Å². The molecule has 0 saturated carbocycles. The van der Waals surface area contributed by atoms with Gasteiger partial charge in [0.1, 0.15) is 0 Å². The first-order valence-electron chi connectivity index (χ1n) is 7.26. The van der Waals surface area contributed by atoms with E-state index in [1.165, 1.54) is 11.1 Å². The van der Waals surface area contributed by atoms with Crippen LogP contribution in [0.2, 0.25) is 0 Å². The molecule has 0 aliphatic heterocycles. The van der Waals surface area contributed by atoms with Crippen molar-refractivity contribution in [3.05, 3.63) is 60.2 Å². The van der Waals surface area contributed by atoms with Gasteiger partial charge >= 0.3 is 35.3 Å². The fourth-order valence-corrected chi connectivity index (χ4v) is 1.70. The molecule has 0 radical (unpaired) electrons. The summed E-state index contributed by atoms with van der Waals surface area (Å²) in [5.41, 5.74) is 3.18. The number of hydrogen-bond acceptors (Lipinski definition) is 2. The van der Waals surface area contributed by atoms with E-state index in [1.807, 2.05) is 24.8 Å². The van der Waals surface area contributed by atoms with Crippen molar-refractivity contribution in [1.29, 1.82) is 0 Å². The van der Waals surface area contributed by atoms with E-state index in [9.17, 15) is 0 Å². The van der Waals surface area contributed by atoms with E-state index >= 15 is 0 Å². The van der Waals surface area contributed by atoms with Crippen LogP contribution in [0.1, 0.15) is 52.7 Å². The van der Waals surface area contributed by atoms with Crippen molar-refractivity contribution in [2.75, 3.05) is 0 Å². The number of hydrogen-bond donors (Lipinski definition) is 0. The van der Waals surface area contributed by atoms with Crippen LogP contribution in [0.15, 0.2) is 49.1 Å². The molecular weight excluding hydrogens is 510 g/mol. The predicted octanol–water partition coefficient (Wildman–Crippen LogP) is 6.13. The van der Waals surface area contributed by atoms with Crippen molar-refractivity contribution < 1.29 is 16.5 Å². The standard InChI is InChI=1S/2C9H13N.2ClH.Pt/c2*1-9(2,3)8-4-6-10-7-5-8;;;/h2*4-7H,1-3H3;2*1H;/q;;;;+2/p-2. The van der Waals surface area contributed by atoms with Crippen LogP contribution >= 0.6 is 18.8 Å². The van der Waals surface area contributed by atoms with Crippen molar-refractivity contribution in [3.63, 3.8) is 0 Å². The average molecular weight is 536 g/mol. The van der Waals surface area contributed by atoms with E-state index in [2.05, 4.69) is 75.8 Å². The molecule has 2 nitrogen and oxygen atoms in total. The Morgan fingerprint density at radius 3 is 1.00 bits per heavy atom. The molecule has 0 unspecified atom stereocenters. The van der Waals surface area contributed by atoms with Gasteiger partial charge in [0, 0.05) is 24.8 Å². The third-order valence-corrected chi connectivity index (χ3v) is 3.09. The molecular formula is C18H26Cl2N2Pt. The molecule has 2 aromatic rings. The summed E-state index contributed by atoms with van der Waals surface area (Å²) in [5.74, 6) is 0. The molecule has 0 aromatic carbocycles. The van der Waals surface area contributed by atoms with Crippen LogP contribution < -0.4 is 0 Å². The first kappa shape index (κ1) is 22.6. The second kappa shape index (κ2) is 11.2. The fourth-order valence-electron chi connectivity index (χ4n) is 1.70. The zero-order valence-electron chi connectivity index (χ0n) is 14.6. The van der Waals surface area contributed by atoms with E-state index in [4.69, 9.17) is 18.8 Å². The third-order valence-electron chi connectivity index (χ3n) is 3.09. The summed E-state index contributed by atoms with van der Waals surface area (Å²) in [7, 11) is 9.75. The van der Waals surface area contributed by atoms with Gasteiger partial charge < -0.3 is 0 Å². The van der Waals surface area contributed by atoms with E-state index < -0.39 is 16.5 Å². The monoisotopic (exact) mass is 535 g/mol. The molecule has 0 aliphatic carbocycles. The molecule has 0 bridgehead atoms. The van der Waals surface area contributed by atoms with Gasteiger partial charge in [0.25, 0.3) is 0 Å². The van der Waals surface area contributed by atoms with Crippen molar-refractivity contribution in [2.24, 2.45) is 0 Å². The number of rotatable bonds is 0. The molecule has 2 rings (SSSR count). The van der Waals surface area contributed by atoms with Crippen molar-refractivity contribution >= 4 is 18.8 Å². The Morgan fingerprint density at radius 1 is 0.652 bits per heavy atom. The van der Waals surface area contributed by atoms with E-state index in [0.29, 0.717) is 0 Å². The van der Waals surface area contributed by atoms with Gasteiger partial charge in [-0.1, -0.05) is 41.5 Å². The van der Waals surface area contributed by atoms with Gasteiger partial charge in [-0.15, -0.1) is 0 Å². The zero-order chi connectivity index (χ0) is 17.9. The first-order valence-corrected chi connectivity index (χ1v) is 12.9. The van der Waals surface area contributed by atoms with Crippen LogP contribution in [0.4, 0.5) is 0 Å². The topological polar surface area (TPSA) is 25.8 Å². The zero-order valence-corrected chi connectivity index (χ0v) is 18.4. The average Bonchev–Trinajstić information content (AvgIpc) is 2.49. The maximum atomic E-state index is 4.88. The second-order valence-electron chi connectivity index (χ2n) is 7.02. The Morgan fingerprint density at radius 2 is 0.870 bits per heavy atom. The number of aromatic nitrogens is 2. The fraction of sp³-hybridized carbons (Fsp3) is 0.444. The minimum absolute atomic E-state index is 0.253. The molecule has 0 atom stereocenters. The normalized spacial score (nSPS) is 11.0. The van der Waals surface area contributed by atoms with Gasteiger partial charge in [-0.05, 0) is 46.2 Å². The summed E-state index contributed by atoms with van der Waals surface area (Å²) in [4.78, 5) is 7.92. The Kier molecular flexibility index (Phi) is 11.0. The Hall–Kier alpha value is -0.432. The minimum atomic E-state index is -0.472. The van der Waals surface area contributed by atoms with Crippen molar-refractivity contribution in [3.8, 4) is 0 Å². The summed E-state index contributed by atoms with van der Waals surface area (Å²) in [6, 6.07) is 8.22. The van der Waals surface area contributed by atoms with Crippen molar-refractivity contribution in [1.82, 2.24) is 9.97 Å². The molecule has 0 saturated heterocycles. The molecule has 0 spiro atoms. The van der Waals surface area contributed by atoms with Crippen molar-refractivity contribution in [2.45, 2.75) is 52.4 Å². The number of nitrogens with zero attached hydrogens (tertiary/aromatic N) is 2. The van der Waals surface area contributed by atoms with Crippen LogP contribution in [-0.4, -0.2) is 9.97 Å². The summed E-state index contributed by atoms with van der Waals surface area (Å²) in [6.45, 7) is 13.2. The molecule has 2 aromatic heterocycles. The van der Waals surface area contributed by atoms with Gasteiger partial charge in [0.15, 0.2) is 0 Å². The summed E-state index contributed by atoms with van der Waals surface area (Å²) in [6.07, 6.45) is 7.34. The maximum absolute atomic E-state index is 4.88. The molecule has 5 heteroatoms. The first-order chi connectivity index (χ1) is 10.6. The number of pyridine rings is 2. The molecule has 0 amide bonds. The predicted molar refractivity (Wildman–Crippen MR) is 97.6 cm³/mol. The van der Waals surface area contributed by atoms with Crippen LogP contribution in [0.3, 0.4) is 0 Å². The molecule has 0 N–H and O–H groups in total. The van der Waals surface area contributed by atoms with Gasteiger partial charge in [-0.3, -0.25) is 9.97 Å². The van der Waals surface area contributed by atoms with Crippen LogP contribution in [-0.2, 0) is 27.3 Å². The molecule has 23 heavy (non-hydrogen) atoms. The summed E-state index contributed by atoms with van der Waals surface area (Å²) in [5, 5.41) is 0. The van der Waals surface area contributed by atoms with Gasteiger partial charge in [0.2, 0.25) is 0 Å². The van der Waals surface area contributed by atoms with Gasteiger partial charge in [-0.2, -0.15) is 0 Å². The quantitative estimate of drug-likeness (QED) is 0.405. The Bertz CT molecular complexity index is 471. The van der Waals surface area contributed by atoms with Crippen LogP contribution in [0.5, 0.6) is 0 Å². The SMILES string of the molecule is CC(C)(C)c1ccncc1.CC(C)(C)c1ccncc1.[Cl][Pt][Cl]. The third kappa shape index (κ3) is 10.9. The van der Waals surface area contributed by atoms with E-state index in [1.54, 1.807) is 0 Å². The second-order valence-corrected chi connectivity index (χ2v) is 10.3. The van der Waals surface area contributed by atoms with E-state index in [0.717, 1.165) is 0 Å². The number of halogens is 2. The van der Waals surface area contributed by atoms with Crippen LogP contribution in [0, 0.1) is 0 Å². The summed E-state index contributed by atoms with van der Waals surface area (Å²) < 4.78 is 0.